The second-order valence-electron chi connectivity index (χ2n) is 9.17. The van der Waals surface area contributed by atoms with E-state index in [9.17, 15) is 4.79 Å². The number of nitrogens with one attached hydrogen (secondary N) is 1. The van der Waals surface area contributed by atoms with Gasteiger partial charge in [0.1, 0.15) is 5.60 Å². The number of amides is 1. The fourth-order valence-corrected chi connectivity index (χ4v) is 4.01. The van der Waals surface area contributed by atoms with E-state index in [1.165, 1.54) is 0 Å². The molecule has 5 heteroatoms. The van der Waals surface area contributed by atoms with Gasteiger partial charge in [0, 0.05) is 11.1 Å². The summed E-state index contributed by atoms with van der Waals surface area (Å²) in [5.41, 5.74) is 10.8. The number of nitrogens with two attached hydrogens (primary N) is 1. The quantitative estimate of drug-likeness (QED) is 0.556. The van der Waals surface area contributed by atoms with Crippen LogP contribution in [-0.2, 0) is 10.3 Å². The van der Waals surface area contributed by atoms with Crippen LogP contribution < -0.4 is 11.1 Å². The SMILES string of the molecule is CC(C)(C)OC(=O)NC1(c2ccc(-c3ncc(N)cc3-c3ccccc3)cc2)CCC1. The highest BCUT2D eigenvalue weighted by Gasteiger charge is 2.41. The summed E-state index contributed by atoms with van der Waals surface area (Å²) in [6.07, 6.45) is 4.20. The maximum atomic E-state index is 12.4. The van der Waals surface area contributed by atoms with Gasteiger partial charge in [0.25, 0.3) is 0 Å². The van der Waals surface area contributed by atoms with Crippen LogP contribution in [0.1, 0.15) is 45.6 Å². The van der Waals surface area contributed by atoms with Crippen LogP contribution in [-0.4, -0.2) is 16.7 Å². The number of carbonyl (C=O) groups is 1. The largest absolute Gasteiger partial charge is 0.444 e. The highest BCUT2D eigenvalue weighted by molar-refractivity contribution is 5.82. The molecule has 1 aliphatic carbocycles. The predicted octanol–water partition coefficient (Wildman–Crippen LogP) is 5.90. The molecule has 160 valence electrons. The number of benzene rings is 2. The first kappa shape index (κ1) is 20.9. The van der Waals surface area contributed by atoms with E-state index in [1.807, 2.05) is 45.0 Å². The normalized spacial score (nSPS) is 15.1. The molecule has 0 unspecified atom stereocenters. The number of carbonyl (C=O) groups excluding carboxylic acids is 1. The predicted molar refractivity (Wildman–Crippen MR) is 124 cm³/mol. The van der Waals surface area contributed by atoms with Crippen LogP contribution in [0.25, 0.3) is 22.4 Å². The summed E-state index contributed by atoms with van der Waals surface area (Å²) < 4.78 is 5.49. The molecule has 0 spiro atoms. The van der Waals surface area contributed by atoms with Gasteiger partial charge in [-0.05, 0) is 57.2 Å². The topological polar surface area (TPSA) is 77.2 Å². The number of nitrogen functional groups attached to an aromatic ring is 1. The summed E-state index contributed by atoms with van der Waals surface area (Å²) in [7, 11) is 0. The Kier molecular flexibility index (Phi) is 5.44. The molecule has 0 saturated heterocycles. The lowest BCUT2D eigenvalue weighted by atomic mass is 9.71. The lowest BCUT2D eigenvalue weighted by Crippen LogP contribution is -2.52. The minimum atomic E-state index is -0.520. The Morgan fingerprint density at radius 1 is 1.03 bits per heavy atom. The lowest BCUT2D eigenvalue weighted by Gasteiger charge is -2.43. The summed E-state index contributed by atoms with van der Waals surface area (Å²) in [6, 6.07) is 20.4. The molecule has 1 aromatic heterocycles. The smallest absolute Gasteiger partial charge is 0.408 e. The molecule has 0 radical (unpaired) electrons. The van der Waals surface area contributed by atoms with Crippen LogP contribution >= 0.6 is 0 Å². The Bertz CT molecular complexity index is 1070. The van der Waals surface area contributed by atoms with E-state index in [4.69, 9.17) is 10.5 Å². The molecule has 1 amide bonds. The number of nitrogens with zero attached hydrogens (tertiary/aromatic N) is 1. The van der Waals surface area contributed by atoms with Gasteiger partial charge in [-0.2, -0.15) is 0 Å². The van der Waals surface area contributed by atoms with E-state index >= 15 is 0 Å². The number of ether oxygens (including phenoxy) is 1. The number of hydrogen-bond acceptors (Lipinski definition) is 4. The van der Waals surface area contributed by atoms with E-state index in [1.54, 1.807) is 6.20 Å². The third kappa shape index (κ3) is 4.55. The summed E-state index contributed by atoms with van der Waals surface area (Å²) in [5, 5.41) is 3.11. The molecule has 0 bridgehead atoms. The van der Waals surface area contributed by atoms with Crippen LogP contribution in [0.2, 0.25) is 0 Å². The molecule has 4 rings (SSSR count). The van der Waals surface area contributed by atoms with Crippen LogP contribution in [0.15, 0.2) is 66.9 Å². The second-order valence-corrected chi connectivity index (χ2v) is 9.17. The van der Waals surface area contributed by atoms with Crippen molar-refractivity contribution in [3.63, 3.8) is 0 Å². The van der Waals surface area contributed by atoms with E-state index in [0.29, 0.717) is 5.69 Å². The van der Waals surface area contributed by atoms with Crippen molar-refractivity contribution in [2.75, 3.05) is 5.73 Å². The van der Waals surface area contributed by atoms with Crippen molar-refractivity contribution >= 4 is 11.8 Å². The van der Waals surface area contributed by atoms with Crippen LogP contribution in [0, 0.1) is 0 Å². The zero-order valence-corrected chi connectivity index (χ0v) is 18.3. The van der Waals surface area contributed by atoms with Crippen LogP contribution in [0.5, 0.6) is 0 Å². The van der Waals surface area contributed by atoms with Gasteiger partial charge in [0.05, 0.1) is 23.1 Å². The average Bonchev–Trinajstić information content (AvgIpc) is 2.70. The van der Waals surface area contributed by atoms with Gasteiger partial charge in [0.15, 0.2) is 0 Å². The maximum Gasteiger partial charge on any atom is 0.408 e. The minimum Gasteiger partial charge on any atom is -0.444 e. The molecule has 0 atom stereocenters. The first-order chi connectivity index (χ1) is 14.8. The Morgan fingerprint density at radius 3 is 2.29 bits per heavy atom. The maximum absolute atomic E-state index is 12.4. The molecule has 5 nitrogen and oxygen atoms in total. The highest BCUT2D eigenvalue weighted by Crippen LogP contribution is 2.42. The van der Waals surface area contributed by atoms with Crippen molar-refractivity contribution < 1.29 is 9.53 Å². The van der Waals surface area contributed by atoms with Crippen molar-refractivity contribution in [3.8, 4) is 22.4 Å². The Hall–Kier alpha value is -3.34. The summed E-state index contributed by atoms with van der Waals surface area (Å²) in [5.74, 6) is 0. The number of rotatable bonds is 4. The van der Waals surface area contributed by atoms with Gasteiger partial charge in [0.2, 0.25) is 0 Å². The zero-order valence-electron chi connectivity index (χ0n) is 18.3. The van der Waals surface area contributed by atoms with Crippen molar-refractivity contribution in [1.29, 1.82) is 0 Å². The molecule has 1 saturated carbocycles. The Balaban J connectivity index is 1.63. The lowest BCUT2D eigenvalue weighted by molar-refractivity contribution is 0.0377. The van der Waals surface area contributed by atoms with Crippen molar-refractivity contribution in [2.45, 2.75) is 51.2 Å². The third-order valence-corrected chi connectivity index (χ3v) is 5.65. The highest BCUT2D eigenvalue weighted by atomic mass is 16.6. The summed E-state index contributed by atoms with van der Waals surface area (Å²) in [6.45, 7) is 5.62. The molecule has 1 fully saturated rings. The fourth-order valence-electron chi connectivity index (χ4n) is 4.01. The Labute approximate surface area is 183 Å². The monoisotopic (exact) mass is 415 g/mol. The number of aromatic nitrogens is 1. The van der Waals surface area contributed by atoms with Gasteiger partial charge in [-0.15, -0.1) is 0 Å². The number of hydrogen-bond donors (Lipinski definition) is 2. The van der Waals surface area contributed by atoms with E-state index < -0.39 is 5.60 Å². The molecular formula is C26H29N3O2. The average molecular weight is 416 g/mol. The van der Waals surface area contributed by atoms with Crippen molar-refractivity contribution in [2.24, 2.45) is 0 Å². The first-order valence-corrected chi connectivity index (χ1v) is 10.7. The molecule has 0 aliphatic heterocycles. The minimum absolute atomic E-state index is 0.363. The molecule has 3 aromatic rings. The first-order valence-electron chi connectivity index (χ1n) is 10.7. The summed E-state index contributed by atoms with van der Waals surface area (Å²) in [4.78, 5) is 17.0. The number of anilines is 1. The van der Waals surface area contributed by atoms with E-state index in [2.05, 4.69) is 46.7 Å². The standard InChI is InChI=1S/C26H29N3O2/c1-25(2,3)31-24(30)29-26(14-7-15-26)20-12-10-19(11-13-20)23-22(16-21(27)17-28-23)18-8-5-4-6-9-18/h4-6,8-13,16-17H,7,14-15,27H2,1-3H3,(H,29,30). The molecule has 3 N–H and O–H groups in total. The third-order valence-electron chi connectivity index (χ3n) is 5.65. The molecule has 1 heterocycles. The fraction of sp³-hybridized carbons (Fsp3) is 0.308. The molecule has 1 aliphatic rings. The van der Waals surface area contributed by atoms with Gasteiger partial charge >= 0.3 is 6.09 Å². The zero-order chi connectivity index (χ0) is 22.1. The van der Waals surface area contributed by atoms with Crippen LogP contribution in [0.4, 0.5) is 10.5 Å². The van der Waals surface area contributed by atoms with E-state index in [0.717, 1.165) is 47.2 Å². The molecule has 31 heavy (non-hydrogen) atoms. The van der Waals surface area contributed by atoms with Crippen molar-refractivity contribution in [1.82, 2.24) is 10.3 Å². The van der Waals surface area contributed by atoms with E-state index in [-0.39, 0.29) is 11.6 Å². The Morgan fingerprint density at radius 2 is 1.71 bits per heavy atom. The summed E-state index contributed by atoms with van der Waals surface area (Å²) >= 11 is 0. The van der Waals surface area contributed by atoms with Crippen molar-refractivity contribution in [3.05, 3.63) is 72.4 Å². The van der Waals surface area contributed by atoms with Crippen LogP contribution in [0.3, 0.4) is 0 Å². The number of pyridine rings is 1. The van der Waals surface area contributed by atoms with Gasteiger partial charge in [-0.1, -0.05) is 54.6 Å². The molecular weight excluding hydrogens is 386 g/mol. The second kappa shape index (κ2) is 8.06. The molecule has 2 aromatic carbocycles. The van der Waals surface area contributed by atoms with Gasteiger partial charge in [-0.3, -0.25) is 4.98 Å². The number of alkyl carbamates (subject to hydrolysis) is 1. The van der Waals surface area contributed by atoms with Gasteiger partial charge in [-0.25, -0.2) is 4.79 Å². The van der Waals surface area contributed by atoms with Gasteiger partial charge < -0.3 is 15.8 Å².